The highest BCUT2D eigenvalue weighted by atomic mass is 16.2. The van der Waals surface area contributed by atoms with E-state index in [2.05, 4.69) is 21.6 Å². The third kappa shape index (κ3) is 3.68. The quantitative estimate of drug-likeness (QED) is 0.763. The molecule has 0 spiro atoms. The van der Waals surface area contributed by atoms with Gasteiger partial charge in [-0.3, -0.25) is 4.79 Å². The highest BCUT2D eigenvalue weighted by Gasteiger charge is 2.17. The zero-order valence-corrected chi connectivity index (χ0v) is 14.3. The Labute approximate surface area is 151 Å². The summed E-state index contributed by atoms with van der Waals surface area (Å²) in [7, 11) is 0. The first kappa shape index (κ1) is 17.1. The number of benzene rings is 2. The van der Waals surface area contributed by atoms with Gasteiger partial charge in [0.15, 0.2) is 11.5 Å². The summed E-state index contributed by atoms with van der Waals surface area (Å²) in [5.74, 6) is 0.252. The van der Waals surface area contributed by atoms with Gasteiger partial charge in [0.05, 0.1) is 11.3 Å². The predicted molar refractivity (Wildman–Crippen MR) is 100 cm³/mol. The molecule has 2 aromatic carbocycles. The fourth-order valence-electron chi connectivity index (χ4n) is 2.53. The first-order chi connectivity index (χ1) is 12.7. The number of nitrogens with one attached hydrogen (secondary N) is 1. The number of carbonyl (C=O) groups is 1. The van der Waals surface area contributed by atoms with E-state index in [4.69, 9.17) is 5.26 Å². The van der Waals surface area contributed by atoms with Crippen molar-refractivity contribution >= 4 is 23.1 Å². The monoisotopic (exact) mass is 343 g/mol. The second-order valence-electron chi connectivity index (χ2n) is 5.47. The van der Waals surface area contributed by atoms with Gasteiger partial charge >= 0.3 is 0 Å². The summed E-state index contributed by atoms with van der Waals surface area (Å²) in [5.41, 5.74) is 2.22. The van der Waals surface area contributed by atoms with Gasteiger partial charge < -0.3 is 10.2 Å². The maximum absolute atomic E-state index is 12.7. The van der Waals surface area contributed by atoms with Crippen LogP contribution in [0.25, 0.3) is 0 Å². The van der Waals surface area contributed by atoms with E-state index in [9.17, 15) is 4.79 Å². The molecule has 1 aromatic heterocycles. The van der Waals surface area contributed by atoms with Crippen LogP contribution in [0.5, 0.6) is 0 Å². The van der Waals surface area contributed by atoms with Crippen molar-refractivity contribution in [2.45, 2.75) is 6.92 Å². The number of carbonyl (C=O) groups excluding carboxylic acids is 1. The Bertz CT molecular complexity index is 932. The van der Waals surface area contributed by atoms with Gasteiger partial charge in [0.1, 0.15) is 6.07 Å². The minimum absolute atomic E-state index is 0.213. The Balaban J connectivity index is 1.79. The number of anilines is 3. The highest BCUT2D eigenvalue weighted by molar-refractivity contribution is 6.04. The fourth-order valence-corrected chi connectivity index (χ4v) is 2.53. The van der Waals surface area contributed by atoms with Crippen molar-refractivity contribution in [3.63, 3.8) is 0 Å². The largest absolute Gasteiger partial charge is 0.338 e. The molecule has 1 N–H and O–H groups in total. The van der Waals surface area contributed by atoms with Crippen LogP contribution >= 0.6 is 0 Å². The highest BCUT2D eigenvalue weighted by Crippen LogP contribution is 2.19. The van der Waals surface area contributed by atoms with Crippen LogP contribution in [-0.2, 0) is 0 Å². The molecule has 6 heteroatoms. The maximum Gasteiger partial charge on any atom is 0.278 e. The summed E-state index contributed by atoms with van der Waals surface area (Å²) in [6.45, 7) is 2.44. The molecular weight excluding hydrogens is 326 g/mol. The SMILES string of the molecule is CCN(C(=O)c1ccc(Nc2ccccc2C#N)nn1)c1ccccc1. The smallest absolute Gasteiger partial charge is 0.278 e. The molecule has 128 valence electrons. The lowest BCUT2D eigenvalue weighted by atomic mass is 10.2. The van der Waals surface area contributed by atoms with E-state index in [1.165, 1.54) is 0 Å². The molecule has 0 aliphatic rings. The number of hydrogen-bond acceptors (Lipinski definition) is 5. The van der Waals surface area contributed by atoms with Crippen molar-refractivity contribution in [1.82, 2.24) is 10.2 Å². The van der Waals surface area contributed by atoms with E-state index in [1.807, 2.05) is 43.3 Å². The van der Waals surface area contributed by atoms with E-state index >= 15 is 0 Å². The van der Waals surface area contributed by atoms with Gasteiger partial charge in [0, 0.05) is 12.2 Å². The average Bonchev–Trinajstić information content (AvgIpc) is 2.70. The molecule has 1 heterocycles. The zero-order chi connectivity index (χ0) is 18.4. The number of para-hydroxylation sites is 2. The molecule has 0 saturated carbocycles. The van der Waals surface area contributed by atoms with Gasteiger partial charge in [-0.05, 0) is 43.3 Å². The standard InChI is InChI=1S/C20H17N5O/c1-2-25(16-9-4-3-5-10-16)20(26)18-12-13-19(24-23-18)22-17-11-7-6-8-15(17)14-21/h3-13H,2H2,1H3,(H,22,24). The van der Waals surface area contributed by atoms with Gasteiger partial charge in [-0.15, -0.1) is 10.2 Å². The van der Waals surface area contributed by atoms with Crippen molar-refractivity contribution in [2.75, 3.05) is 16.8 Å². The summed E-state index contributed by atoms with van der Waals surface area (Å²) >= 11 is 0. The van der Waals surface area contributed by atoms with Crippen molar-refractivity contribution in [1.29, 1.82) is 5.26 Å². The Hall–Kier alpha value is -3.72. The topological polar surface area (TPSA) is 81.9 Å². The first-order valence-electron chi connectivity index (χ1n) is 8.19. The van der Waals surface area contributed by atoms with E-state index in [1.54, 1.807) is 35.2 Å². The number of nitriles is 1. The molecular formula is C20H17N5O. The number of aromatic nitrogens is 2. The Morgan fingerprint density at radius 3 is 2.42 bits per heavy atom. The molecule has 0 bridgehead atoms. The summed E-state index contributed by atoms with van der Waals surface area (Å²) < 4.78 is 0. The van der Waals surface area contributed by atoms with E-state index in [0.717, 1.165) is 5.69 Å². The lowest BCUT2D eigenvalue weighted by Crippen LogP contribution is -2.31. The van der Waals surface area contributed by atoms with Crippen LogP contribution in [-0.4, -0.2) is 22.6 Å². The molecule has 0 fully saturated rings. The van der Waals surface area contributed by atoms with E-state index < -0.39 is 0 Å². The summed E-state index contributed by atoms with van der Waals surface area (Å²) in [4.78, 5) is 14.3. The Kier molecular flexibility index (Phi) is 5.20. The lowest BCUT2D eigenvalue weighted by Gasteiger charge is -2.20. The second-order valence-corrected chi connectivity index (χ2v) is 5.47. The van der Waals surface area contributed by atoms with E-state index in [-0.39, 0.29) is 11.6 Å². The molecule has 0 saturated heterocycles. The molecule has 6 nitrogen and oxygen atoms in total. The molecule has 0 atom stereocenters. The summed E-state index contributed by atoms with van der Waals surface area (Å²) in [5, 5.41) is 20.3. The van der Waals surface area contributed by atoms with E-state index in [0.29, 0.717) is 23.6 Å². The third-order valence-electron chi connectivity index (χ3n) is 3.82. The van der Waals surface area contributed by atoms with Crippen LogP contribution in [0.4, 0.5) is 17.2 Å². The van der Waals surface area contributed by atoms with Crippen molar-refractivity contribution < 1.29 is 4.79 Å². The van der Waals surface area contributed by atoms with Crippen LogP contribution in [0.2, 0.25) is 0 Å². The molecule has 0 unspecified atom stereocenters. The minimum Gasteiger partial charge on any atom is -0.338 e. The lowest BCUT2D eigenvalue weighted by molar-refractivity contribution is 0.0982. The molecule has 26 heavy (non-hydrogen) atoms. The van der Waals surface area contributed by atoms with Crippen LogP contribution in [0.15, 0.2) is 66.7 Å². The molecule has 0 aliphatic heterocycles. The number of hydrogen-bond donors (Lipinski definition) is 1. The van der Waals surface area contributed by atoms with Crippen LogP contribution in [0, 0.1) is 11.3 Å². The van der Waals surface area contributed by atoms with Crippen molar-refractivity contribution in [3.8, 4) is 6.07 Å². The van der Waals surface area contributed by atoms with Crippen LogP contribution in [0.3, 0.4) is 0 Å². The zero-order valence-electron chi connectivity index (χ0n) is 14.3. The Morgan fingerprint density at radius 2 is 1.77 bits per heavy atom. The predicted octanol–water partition coefficient (Wildman–Crippen LogP) is 3.76. The average molecular weight is 343 g/mol. The first-order valence-corrected chi connectivity index (χ1v) is 8.19. The molecule has 1 amide bonds. The van der Waals surface area contributed by atoms with Crippen molar-refractivity contribution in [3.05, 3.63) is 78.0 Å². The van der Waals surface area contributed by atoms with Gasteiger partial charge in [-0.25, -0.2) is 0 Å². The maximum atomic E-state index is 12.7. The molecule has 0 radical (unpaired) electrons. The summed E-state index contributed by atoms with van der Waals surface area (Å²) in [6.07, 6.45) is 0. The normalized spacial score (nSPS) is 10.0. The number of nitrogens with zero attached hydrogens (tertiary/aromatic N) is 4. The molecule has 3 aromatic rings. The van der Waals surface area contributed by atoms with Gasteiger partial charge in [-0.1, -0.05) is 30.3 Å². The number of rotatable bonds is 5. The van der Waals surface area contributed by atoms with Crippen LogP contribution in [0.1, 0.15) is 23.0 Å². The van der Waals surface area contributed by atoms with Gasteiger partial charge in [0.2, 0.25) is 0 Å². The van der Waals surface area contributed by atoms with Crippen molar-refractivity contribution in [2.24, 2.45) is 0 Å². The Morgan fingerprint density at radius 1 is 1.04 bits per heavy atom. The molecule has 3 rings (SSSR count). The molecule has 0 aliphatic carbocycles. The number of amides is 1. The van der Waals surface area contributed by atoms with Crippen LogP contribution < -0.4 is 10.2 Å². The second kappa shape index (κ2) is 7.90. The van der Waals surface area contributed by atoms with Gasteiger partial charge in [-0.2, -0.15) is 5.26 Å². The minimum atomic E-state index is -0.213. The van der Waals surface area contributed by atoms with Gasteiger partial charge in [0.25, 0.3) is 5.91 Å². The summed E-state index contributed by atoms with van der Waals surface area (Å²) in [6, 6.07) is 22.0. The third-order valence-corrected chi connectivity index (χ3v) is 3.82. The fraction of sp³-hybridized carbons (Fsp3) is 0.100.